The summed E-state index contributed by atoms with van der Waals surface area (Å²) < 4.78 is 6.88. The van der Waals surface area contributed by atoms with E-state index in [2.05, 4.69) is 34.0 Å². The van der Waals surface area contributed by atoms with Crippen molar-refractivity contribution in [2.75, 3.05) is 36.9 Å². The number of benzene rings is 1. The maximum absolute atomic E-state index is 12.3. The Morgan fingerprint density at radius 2 is 2.03 bits per heavy atom. The summed E-state index contributed by atoms with van der Waals surface area (Å²) in [6.45, 7) is 10.1. The fraction of sp³-hybridized carbons (Fsp3) is 0.444. The number of allylic oxidation sites excluding steroid dienone is 1. The number of nitrogens with zero attached hydrogens (tertiary/aromatic N) is 3. The Bertz CT molecular complexity index is 1210. The van der Waals surface area contributed by atoms with E-state index < -0.39 is 0 Å². The summed E-state index contributed by atoms with van der Waals surface area (Å²) in [6, 6.07) is 9.72. The van der Waals surface area contributed by atoms with Gasteiger partial charge in [0.05, 0.1) is 16.1 Å². The van der Waals surface area contributed by atoms with Gasteiger partial charge >= 0.3 is 0 Å². The predicted molar refractivity (Wildman–Crippen MR) is 146 cm³/mol. The SMILES string of the molecule is C=CC1CC(C)[C@@H](Nc2nc(Nc3ccc(OCCN4CCCC4)cc3)nc3ccsc23)[C@H]1C(N)=O. The van der Waals surface area contributed by atoms with Crippen LogP contribution in [-0.4, -0.2) is 53.1 Å². The minimum Gasteiger partial charge on any atom is -0.492 e. The van der Waals surface area contributed by atoms with Crippen LogP contribution in [0.3, 0.4) is 0 Å². The van der Waals surface area contributed by atoms with Gasteiger partial charge in [-0.1, -0.05) is 13.0 Å². The lowest BCUT2D eigenvalue weighted by molar-refractivity contribution is -0.122. The molecule has 36 heavy (non-hydrogen) atoms. The van der Waals surface area contributed by atoms with E-state index in [-0.39, 0.29) is 29.7 Å². The quantitative estimate of drug-likeness (QED) is 0.344. The highest BCUT2D eigenvalue weighted by atomic mass is 32.1. The normalized spacial score (nSPS) is 24.1. The summed E-state index contributed by atoms with van der Waals surface area (Å²) >= 11 is 1.58. The van der Waals surface area contributed by atoms with E-state index in [1.165, 1.54) is 25.9 Å². The molecule has 1 amide bonds. The third-order valence-electron chi connectivity index (χ3n) is 7.33. The van der Waals surface area contributed by atoms with Gasteiger partial charge in [-0.25, -0.2) is 4.98 Å². The van der Waals surface area contributed by atoms with Gasteiger partial charge in [-0.15, -0.1) is 17.9 Å². The predicted octanol–water partition coefficient (Wildman–Crippen LogP) is 4.63. The first kappa shape index (κ1) is 24.5. The zero-order chi connectivity index (χ0) is 25.1. The van der Waals surface area contributed by atoms with Crippen molar-refractivity contribution in [1.29, 1.82) is 0 Å². The van der Waals surface area contributed by atoms with Crippen molar-refractivity contribution in [3.8, 4) is 5.75 Å². The van der Waals surface area contributed by atoms with E-state index in [1.54, 1.807) is 11.3 Å². The van der Waals surface area contributed by atoms with Crippen molar-refractivity contribution in [3.63, 3.8) is 0 Å². The molecule has 0 bridgehead atoms. The zero-order valence-corrected chi connectivity index (χ0v) is 21.5. The van der Waals surface area contributed by atoms with Crippen LogP contribution in [0.2, 0.25) is 0 Å². The number of anilines is 3. The Hall–Kier alpha value is -3.17. The Balaban J connectivity index is 1.29. The number of hydrogen-bond donors (Lipinski definition) is 3. The van der Waals surface area contributed by atoms with Crippen molar-refractivity contribution in [1.82, 2.24) is 14.9 Å². The van der Waals surface area contributed by atoms with Gasteiger partial charge in [0.1, 0.15) is 18.2 Å². The zero-order valence-electron chi connectivity index (χ0n) is 20.7. The molecule has 3 aromatic rings. The lowest BCUT2D eigenvalue weighted by Crippen LogP contribution is -2.39. The van der Waals surface area contributed by atoms with Crippen LogP contribution in [0.5, 0.6) is 5.75 Å². The van der Waals surface area contributed by atoms with E-state index in [4.69, 9.17) is 15.5 Å². The van der Waals surface area contributed by atoms with E-state index in [0.717, 1.165) is 34.6 Å². The highest BCUT2D eigenvalue weighted by Gasteiger charge is 2.43. The maximum atomic E-state index is 12.3. The summed E-state index contributed by atoms with van der Waals surface area (Å²) in [5.41, 5.74) is 7.51. The van der Waals surface area contributed by atoms with Gasteiger partial charge in [-0.3, -0.25) is 9.69 Å². The molecule has 1 saturated carbocycles. The van der Waals surface area contributed by atoms with Gasteiger partial charge in [0, 0.05) is 18.3 Å². The molecule has 2 aromatic heterocycles. The number of primary amides is 1. The fourth-order valence-electron chi connectivity index (χ4n) is 5.44. The number of amides is 1. The van der Waals surface area contributed by atoms with Crippen LogP contribution in [-0.2, 0) is 4.79 Å². The first-order valence-corrected chi connectivity index (χ1v) is 13.6. The number of nitrogens with one attached hydrogen (secondary N) is 2. The summed E-state index contributed by atoms with van der Waals surface area (Å²) in [5, 5.41) is 8.86. The lowest BCUT2D eigenvalue weighted by atomic mass is 9.92. The van der Waals surface area contributed by atoms with Gasteiger partial charge in [0.15, 0.2) is 0 Å². The van der Waals surface area contributed by atoms with Crippen LogP contribution in [0.15, 0.2) is 48.4 Å². The van der Waals surface area contributed by atoms with Crippen molar-refractivity contribution in [2.45, 2.75) is 32.2 Å². The molecular weight excluding hydrogens is 472 g/mol. The molecule has 2 fully saturated rings. The number of likely N-dealkylation sites (tertiary alicyclic amines) is 1. The first-order chi connectivity index (χ1) is 17.5. The third kappa shape index (κ3) is 5.32. The fourth-order valence-corrected chi connectivity index (χ4v) is 6.23. The summed E-state index contributed by atoms with van der Waals surface area (Å²) in [7, 11) is 0. The number of aromatic nitrogens is 2. The van der Waals surface area contributed by atoms with Gasteiger partial charge in [-0.05, 0) is 79.9 Å². The molecule has 9 heteroatoms. The highest BCUT2D eigenvalue weighted by Crippen LogP contribution is 2.40. The molecule has 3 heterocycles. The van der Waals surface area contributed by atoms with Crippen molar-refractivity contribution < 1.29 is 9.53 Å². The second-order valence-corrected chi connectivity index (χ2v) is 10.7. The largest absolute Gasteiger partial charge is 0.492 e. The molecule has 2 aliphatic rings. The Kier molecular flexibility index (Phi) is 7.38. The number of carbonyl (C=O) groups is 1. The molecule has 8 nitrogen and oxygen atoms in total. The number of rotatable bonds is 10. The van der Waals surface area contributed by atoms with Crippen molar-refractivity contribution >= 4 is 44.9 Å². The molecule has 2 unspecified atom stereocenters. The molecule has 4 atom stereocenters. The second kappa shape index (κ2) is 10.8. The molecule has 4 N–H and O–H groups in total. The van der Waals surface area contributed by atoms with Crippen LogP contribution < -0.4 is 21.1 Å². The van der Waals surface area contributed by atoms with Gasteiger partial charge in [0.2, 0.25) is 11.9 Å². The standard InChI is InChI=1S/C27H34N6O2S/c1-3-18-16-17(2)23(22(18)25(28)34)31-26-24-21(10-15-36-24)30-27(32-26)29-19-6-8-20(9-7-19)35-14-13-33-11-4-5-12-33/h3,6-10,15,17-18,22-23H,1,4-5,11-14,16H2,2H3,(H2,28,34)(H2,29,30,31,32)/t17?,18?,22-,23+/m0/s1. The molecule has 1 saturated heterocycles. The molecule has 0 spiro atoms. The Morgan fingerprint density at radius 1 is 1.25 bits per heavy atom. The van der Waals surface area contributed by atoms with E-state index in [1.807, 2.05) is 41.8 Å². The number of ether oxygens (including phenoxy) is 1. The van der Waals surface area contributed by atoms with Gasteiger partial charge < -0.3 is 21.1 Å². The first-order valence-electron chi connectivity index (χ1n) is 12.7. The van der Waals surface area contributed by atoms with Crippen LogP contribution in [0.4, 0.5) is 17.5 Å². The molecule has 5 rings (SSSR count). The average molecular weight is 507 g/mol. The van der Waals surface area contributed by atoms with Crippen LogP contribution in [0.25, 0.3) is 10.2 Å². The lowest BCUT2D eigenvalue weighted by Gasteiger charge is -2.24. The number of carbonyl (C=O) groups excluding carboxylic acids is 1. The second-order valence-electron chi connectivity index (χ2n) is 9.79. The number of hydrogen-bond acceptors (Lipinski definition) is 8. The van der Waals surface area contributed by atoms with E-state index >= 15 is 0 Å². The minimum atomic E-state index is -0.322. The van der Waals surface area contributed by atoms with E-state index in [9.17, 15) is 4.79 Å². The molecular formula is C27H34N6O2S. The van der Waals surface area contributed by atoms with E-state index in [0.29, 0.717) is 18.4 Å². The Morgan fingerprint density at radius 3 is 2.75 bits per heavy atom. The molecule has 1 aliphatic heterocycles. The third-order valence-corrected chi connectivity index (χ3v) is 8.24. The van der Waals surface area contributed by atoms with Gasteiger partial charge in [-0.2, -0.15) is 4.98 Å². The smallest absolute Gasteiger partial charge is 0.229 e. The number of thiophene rings is 1. The molecule has 1 aromatic carbocycles. The molecule has 190 valence electrons. The van der Waals surface area contributed by atoms with Crippen LogP contribution in [0, 0.1) is 17.8 Å². The van der Waals surface area contributed by atoms with Crippen LogP contribution in [0.1, 0.15) is 26.2 Å². The average Bonchev–Trinajstić information content (AvgIpc) is 3.61. The molecule has 1 aliphatic carbocycles. The summed E-state index contributed by atoms with van der Waals surface area (Å²) in [4.78, 5) is 24.2. The van der Waals surface area contributed by atoms with Crippen LogP contribution >= 0.6 is 11.3 Å². The van der Waals surface area contributed by atoms with Gasteiger partial charge in [0.25, 0.3) is 0 Å². The minimum absolute atomic E-state index is 0.0596. The highest BCUT2D eigenvalue weighted by molar-refractivity contribution is 7.17. The topological polar surface area (TPSA) is 105 Å². The monoisotopic (exact) mass is 506 g/mol. The Labute approximate surface area is 215 Å². The maximum Gasteiger partial charge on any atom is 0.229 e. The number of fused-ring (bicyclic) bond motifs is 1. The summed E-state index contributed by atoms with van der Waals surface area (Å²) in [6.07, 6.45) is 5.29. The summed E-state index contributed by atoms with van der Waals surface area (Å²) in [5.74, 6) is 1.74. The molecule has 0 radical (unpaired) electrons. The number of nitrogens with two attached hydrogens (primary N) is 1. The van der Waals surface area contributed by atoms with Crippen molar-refractivity contribution in [3.05, 3.63) is 48.4 Å². The van der Waals surface area contributed by atoms with Crippen molar-refractivity contribution in [2.24, 2.45) is 23.5 Å².